The first-order chi connectivity index (χ1) is 16.4. The van der Waals surface area contributed by atoms with Crippen molar-refractivity contribution in [2.75, 3.05) is 35.9 Å². The molecule has 1 fully saturated rings. The number of ether oxygens (including phenoxy) is 1. The third kappa shape index (κ3) is 8.78. The van der Waals surface area contributed by atoms with Crippen LogP contribution < -0.4 is 14.9 Å². The molecular weight excluding hydrogens is 471 g/mol. The van der Waals surface area contributed by atoms with Crippen LogP contribution in [0.2, 0.25) is 0 Å². The second-order valence-electron chi connectivity index (χ2n) is 9.66. The Bertz CT molecular complexity index is 1070. The van der Waals surface area contributed by atoms with E-state index < -0.39 is 16.7 Å². The highest BCUT2D eigenvalue weighted by Crippen LogP contribution is 2.24. The fourth-order valence-corrected chi connectivity index (χ4v) is 4.50. The Kier molecular flexibility index (Phi) is 10.0. The summed E-state index contributed by atoms with van der Waals surface area (Å²) in [5.41, 5.74) is 1.53. The van der Waals surface area contributed by atoms with E-state index >= 15 is 0 Å². The van der Waals surface area contributed by atoms with Gasteiger partial charge >= 0.3 is 0 Å². The van der Waals surface area contributed by atoms with Gasteiger partial charge in [-0.05, 0) is 64.4 Å². The maximum Gasteiger partial charge on any atom is 0.293 e. The van der Waals surface area contributed by atoms with Crippen LogP contribution in [0.5, 0.6) is 0 Å². The molecule has 0 radical (unpaired) electrons. The van der Waals surface area contributed by atoms with Gasteiger partial charge in [-0.3, -0.25) is 13.9 Å². The van der Waals surface area contributed by atoms with Crippen molar-refractivity contribution in [1.82, 2.24) is 10.3 Å². The SMILES string of the molecule is CC(C)(C)OC=O.Cc1nc(N2CCN[C@H](C)C2)ccc1NS(=O)(=O)c1ccc(C(C)CF)cc1. The first-order valence-corrected chi connectivity index (χ1v) is 13.1. The average molecular weight is 509 g/mol. The van der Waals surface area contributed by atoms with E-state index in [-0.39, 0.29) is 16.4 Å². The molecule has 0 bridgehead atoms. The first-order valence-electron chi connectivity index (χ1n) is 11.6. The summed E-state index contributed by atoms with van der Waals surface area (Å²) in [4.78, 5) is 16.5. The van der Waals surface area contributed by atoms with E-state index in [0.29, 0.717) is 23.9 Å². The molecular formula is C25H37FN4O4S. The van der Waals surface area contributed by atoms with E-state index in [9.17, 15) is 17.6 Å². The normalized spacial score (nSPS) is 17.1. The van der Waals surface area contributed by atoms with E-state index in [4.69, 9.17) is 0 Å². The number of halogens is 1. The van der Waals surface area contributed by atoms with Gasteiger partial charge in [-0.25, -0.2) is 13.4 Å². The summed E-state index contributed by atoms with van der Waals surface area (Å²) in [5.74, 6) is 0.592. The molecule has 2 atom stereocenters. The molecule has 0 aliphatic carbocycles. The number of hydrogen-bond acceptors (Lipinski definition) is 7. The summed E-state index contributed by atoms with van der Waals surface area (Å²) >= 11 is 0. The Morgan fingerprint density at radius 2 is 1.91 bits per heavy atom. The number of carbonyl (C=O) groups is 1. The number of carbonyl (C=O) groups excluding carboxylic acids is 1. The number of piperazine rings is 1. The lowest BCUT2D eigenvalue weighted by atomic mass is 10.0. The van der Waals surface area contributed by atoms with Crippen molar-refractivity contribution in [2.45, 2.75) is 64.0 Å². The molecule has 1 aliphatic rings. The molecule has 1 aliphatic heterocycles. The predicted octanol–water partition coefficient (Wildman–Crippen LogP) is 4.02. The molecule has 1 unspecified atom stereocenters. The van der Waals surface area contributed by atoms with Gasteiger partial charge in [0.25, 0.3) is 16.5 Å². The lowest BCUT2D eigenvalue weighted by Gasteiger charge is -2.33. The number of nitrogens with one attached hydrogen (secondary N) is 2. The molecule has 1 aromatic carbocycles. The van der Waals surface area contributed by atoms with Crippen LogP contribution >= 0.6 is 0 Å². The van der Waals surface area contributed by atoms with Crippen LogP contribution in [0.25, 0.3) is 0 Å². The third-order valence-corrected chi connectivity index (χ3v) is 6.78. The van der Waals surface area contributed by atoms with E-state index in [0.717, 1.165) is 31.0 Å². The van der Waals surface area contributed by atoms with Crippen molar-refractivity contribution < 1.29 is 22.3 Å². The van der Waals surface area contributed by atoms with E-state index in [1.54, 1.807) is 32.0 Å². The molecule has 35 heavy (non-hydrogen) atoms. The van der Waals surface area contributed by atoms with Crippen molar-refractivity contribution in [2.24, 2.45) is 0 Å². The zero-order valence-electron chi connectivity index (χ0n) is 21.3. The average Bonchev–Trinajstić information content (AvgIpc) is 2.79. The topological polar surface area (TPSA) is 101 Å². The van der Waals surface area contributed by atoms with Gasteiger partial charge < -0.3 is 15.0 Å². The zero-order valence-corrected chi connectivity index (χ0v) is 22.2. The minimum atomic E-state index is -3.74. The van der Waals surface area contributed by atoms with Crippen LogP contribution in [0, 0.1) is 6.92 Å². The minimum Gasteiger partial charge on any atom is -0.462 e. The number of anilines is 2. The summed E-state index contributed by atoms with van der Waals surface area (Å²) in [6, 6.07) is 10.3. The molecule has 194 valence electrons. The number of alkyl halides is 1. The lowest BCUT2D eigenvalue weighted by molar-refractivity contribution is -0.138. The smallest absolute Gasteiger partial charge is 0.293 e. The van der Waals surface area contributed by atoms with Crippen LogP contribution in [0.1, 0.15) is 51.8 Å². The Hall–Kier alpha value is -2.72. The van der Waals surface area contributed by atoms with Crippen molar-refractivity contribution in [3.05, 3.63) is 47.7 Å². The van der Waals surface area contributed by atoms with Gasteiger partial charge in [0.15, 0.2) is 0 Å². The maximum atomic E-state index is 12.8. The number of hydrogen-bond donors (Lipinski definition) is 2. The number of nitrogens with zero attached hydrogens (tertiary/aromatic N) is 2. The monoisotopic (exact) mass is 508 g/mol. The van der Waals surface area contributed by atoms with E-state index in [1.807, 2.05) is 26.8 Å². The summed E-state index contributed by atoms with van der Waals surface area (Å²) in [6.45, 7) is 13.7. The molecule has 2 heterocycles. The Balaban J connectivity index is 0.000000540. The molecule has 3 rings (SSSR count). The quantitative estimate of drug-likeness (QED) is 0.545. The van der Waals surface area contributed by atoms with Gasteiger partial charge in [-0.15, -0.1) is 0 Å². The summed E-state index contributed by atoms with van der Waals surface area (Å²) in [6.07, 6.45) is 0. The van der Waals surface area contributed by atoms with E-state index in [2.05, 4.69) is 31.6 Å². The van der Waals surface area contributed by atoms with Gasteiger partial charge in [0.1, 0.15) is 11.4 Å². The predicted molar refractivity (Wildman–Crippen MR) is 137 cm³/mol. The lowest BCUT2D eigenvalue weighted by Crippen LogP contribution is -2.49. The number of rotatable bonds is 7. The Morgan fingerprint density at radius 1 is 1.26 bits per heavy atom. The number of aromatic nitrogens is 1. The van der Waals surface area contributed by atoms with Crippen molar-refractivity contribution in [1.29, 1.82) is 0 Å². The maximum absolute atomic E-state index is 12.8. The highest BCUT2D eigenvalue weighted by molar-refractivity contribution is 7.92. The largest absolute Gasteiger partial charge is 0.462 e. The molecule has 1 saturated heterocycles. The second-order valence-corrected chi connectivity index (χ2v) is 11.3. The molecule has 8 nitrogen and oxygen atoms in total. The number of sulfonamides is 1. The number of pyridine rings is 1. The standard InChI is InChI=1S/C20H27FN4O2S.C5H10O2/c1-14(12-21)17-4-6-18(7-5-17)28(26,27)24-19-8-9-20(23-16(19)3)25-11-10-22-15(2)13-25;1-5(2,3)7-4-6/h4-9,14-15,22,24H,10-13H2,1-3H3;4H,1-3H3/t14?,15-;/m1./s1. The van der Waals surface area contributed by atoms with Gasteiger partial charge in [0.2, 0.25) is 0 Å². The molecule has 0 amide bonds. The van der Waals surface area contributed by atoms with Crippen molar-refractivity contribution in [3.63, 3.8) is 0 Å². The van der Waals surface area contributed by atoms with Gasteiger partial charge in [0, 0.05) is 31.6 Å². The molecule has 2 aromatic rings. The van der Waals surface area contributed by atoms with Crippen LogP contribution in [0.15, 0.2) is 41.3 Å². The van der Waals surface area contributed by atoms with Crippen LogP contribution in [0.4, 0.5) is 15.9 Å². The first kappa shape index (κ1) is 28.5. The summed E-state index contributed by atoms with van der Waals surface area (Å²) in [5, 5.41) is 3.39. The molecule has 2 N–H and O–H groups in total. The third-order valence-electron chi connectivity index (χ3n) is 5.40. The highest BCUT2D eigenvalue weighted by Gasteiger charge is 2.20. The fraction of sp³-hybridized carbons (Fsp3) is 0.520. The molecule has 1 aromatic heterocycles. The van der Waals surface area contributed by atoms with Crippen LogP contribution in [-0.4, -0.2) is 57.8 Å². The minimum absolute atomic E-state index is 0.140. The van der Waals surface area contributed by atoms with Crippen molar-refractivity contribution >= 4 is 28.0 Å². The van der Waals surface area contributed by atoms with Crippen LogP contribution in [0.3, 0.4) is 0 Å². The van der Waals surface area contributed by atoms with Crippen molar-refractivity contribution in [3.8, 4) is 0 Å². The summed E-state index contributed by atoms with van der Waals surface area (Å²) < 4.78 is 45.3. The second kappa shape index (κ2) is 12.3. The molecule has 0 spiro atoms. The molecule has 10 heteroatoms. The molecule has 0 saturated carbocycles. The van der Waals surface area contributed by atoms with E-state index in [1.165, 1.54) is 12.1 Å². The fourth-order valence-electron chi connectivity index (χ4n) is 3.38. The van der Waals surface area contributed by atoms with Crippen LogP contribution in [-0.2, 0) is 19.6 Å². The van der Waals surface area contributed by atoms with Gasteiger partial charge in [-0.1, -0.05) is 19.1 Å². The zero-order chi connectivity index (χ0) is 26.2. The summed E-state index contributed by atoms with van der Waals surface area (Å²) in [7, 11) is -3.74. The Morgan fingerprint density at radius 3 is 2.40 bits per heavy atom. The number of benzene rings is 1. The highest BCUT2D eigenvalue weighted by atomic mass is 32.2. The van der Waals surface area contributed by atoms with Gasteiger partial charge in [-0.2, -0.15) is 0 Å². The Labute approximate surface area is 208 Å². The number of aryl methyl sites for hydroxylation is 1. The van der Waals surface area contributed by atoms with Gasteiger partial charge in [0.05, 0.1) is 23.0 Å².